The first-order valence-corrected chi connectivity index (χ1v) is 8.06. The fourth-order valence-corrected chi connectivity index (χ4v) is 3.06. The highest BCUT2D eigenvalue weighted by molar-refractivity contribution is 5.35. The van der Waals surface area contributed by atoms with Crippen LogP contribution in [0.1, 0.15) is 36.0 Å². The summed E-state index contributed by atoms with van der Waals surface area (Å²) in [6, 6.07) is 3.43. The van der Waals surface area contributed by atoms with Gasteiger partial charge >= 0.3 is 12.1 Å². The predicted molar refractivity (Wildman–Crippen MR) is 81.1 cm³/mol. The maximum absolute atomic E-state index is 13.7. The molecule has 0 aromatic heterocycles. The van der Waals surface area contributed by atoms with Crippen molar-refractivity contribution < 1.29 is 27.1 Å². The number of aliphatic hydroxyl groups is 1. The first-order chi connectivity index (χ1) is 11.1. The van der Waals surface area contributed by atoms with Crippen LogP contribution in [0.15, 0.2) is 18.2 Å². The summed E-state index contributed by atoms with van der Waals surface area (Å²) in [7, 11) is 0. The highest BCUT2D eigenvalue weighted by Gasteiger charge is 2.59. The van der Waals surface area contributed by atoms with E-state index in [4.69, 9.17) is 0 Å². The zero-order valence-electron chi connectivity index (χ0n) is 13.5. The van der Waals surface area contributed by atoms with Gasteiger partial charge in [-0.3, -0.25) is 0 Å². The molecule has 0 aliphatic carbocycles. The number of rotatable bonds is 6. The van der Waals surface area contributed by atoms with Gasteiger partial charge in [-0.05, 0) is 51.3 Å². The summed E-state index contributed by atoms with van der Waals surface area (Å²) in [6.45, 7) is 3.84. The summed E-state index contributed by atoms with van der Waals surface area (Å²) in [6.07, 6.45) is -4.11. The van der Waals surface area contributed by atoms with Gasteiger partial charge in [-0.15, -0.1) is 0 Å². The molecule has 1 atom stereocenters. The molecular weight excluding hydrogens is 329 g/mol. The molecule has 7 heteroatoms. The number of benzene rings is 1. The molecule has 0 bridgehead atoms. The molecule has 1 aromatic rings. The minimum Gasteiger partial charge on any atom is -0.392 e. The lowest BCUT2D eigenvalue weighted by Gasteiger charge is -2.24. The van der Waals surface area contributed by atoms with E-state index < -0.39 is 23.8 Å². The maximum Gasteiger partial charge on any atom is 0.458 e. The minimum atomic E-state index is -5.63. The van der Waals surface area contributed by atoms with Crippen molar-refractivity contribution in [1.82, 2.24) is 4.90 Å². The lowest BCUT2D eigenvalue weighted by atomic mass is 9.94. The number of likely N-dealkylation sites (tertiary alicyclic amines) is 1. The van der Waals surface area contributed by atoms with E-state index in [2.05, 4.69) is 4.90 Å². The Bertz CT molecular complexity index is 552. The van der Waals surface area contributed by atoms with E-state index in [1.165, 1.54) is 12.1 Å². The first-order valence-electron chi connectivity index (χ1n) is 8.06. The van der Waals surface area contributed by atoms with Crippen LogP contribution in [0.4, 0.5) is 22.0 Å². The van der Waals surface area contributed by atoms with Crippen molar-refractivity contribution in [3.63, 3.8) is 0 Å². The van der Waals surface area contributed by atoms with E-state index in [1.54, 1.807) is 6.92 Å². The molecule has 1 aromatic carbocycles. The molecule has 1 saturated heterocycles. The van der Waals surface area contributed by atoms with Crippen LogP contribution in [0, 0.1) is 6.92 Å². The van der Waals surface area contributed by atoms with Crippen molar-refractivity contribution in [2.45, 2.75) is 50.8 Å². The number of hydrogen-bond donors (Lipinski definition) is 1. The van der Waals surface area contributed by atoms with E-state index in [0.717, 1.165) is 32.0 Å². The molecule has 2 nitrogen and oxygen atoms in total. The molecule has 0 amide bonds. The van der Waals surface area contributed by atoms with Crippen LogP contribution in [-0.2, 0) is 12.3 Å². The Balaban J connectivity index is 2.10. The molecule has 0 saturated carbocycles. The van der Waals surface area contributed by atoms with Gasteiger partial charge in [-0.25, -0.2) is 0 Å². The maximum atomic E-state index is 13.7. The average Bonchev–Trinajstić information content (AvgIpc) is 2.96. The molecule has 1 heterocycles. The lowest BCUT2D eigenvalue weighted by molar-refractivity contribution is -0.289. The van der Waals surface area contributed by atoms with E-state index in [1.807, 2.05) is 0 Å². The number of β-amino-alcohol motifs (C(OH)–C–C–N with tert-alkyl or cyclic N) is 1. The fourth-order valence-electron chi connectivity index (χ4n) is 3.06. The highest BCUT2D eigenvalue weighted by Crippen LogP contribution is 2.45. The van der Waals surface area contributed by atoms with Crippen molar-refractivity contribution in [2.24, 2.45) is 0 Å². The zero-order valence-corrected chi connectivity index (χ0v) is 13.5. The number of hydrogen-bond acceptors (Lipinski definition) is 2. The van der Waals surface area contributed by atoms with Gasteiger partial charge in [-0.1, -0.05) is 23.8 Å². The van der Waals surface area contributed by atoms with Crippen molar-refractivity contribution in [2.75, 3.05) is 19.6 Å². The third-order valence-corrected chi connectivity index (χ3v) is 4.37. The number of aliphatic hydroxyl groups excluding tert-OH is 1. The average molecular weight is 351 g/mol. The molecule has 1 aliphatic rings. The Morgan fingerprint density at radius 2 is 1.75 bits per heavy atom. The summed E-state index contributed by atoms with van der Waals surface area (Å²) in [5, 5.41) is 10.0. The van der Waals surface area contributed by atoms with Gasteiger partial charge < -0.3 is 10.0 Å². The Morgan fingerprint density at radius 1 is 1.12 bits per heavy atom. The van der Waals surface area contributed by atoms with Crippen LogP contribution in [-0.4, -0.2) is 41.9 Å². The Hall–Kier alpha value is -1.21. The summed E-state index contributed by atoms with van der Waals surface area (Å²) in [5.74, 6) is -4.89. The van der Waals surface area contributed by atoms with Crippen LogP contribution < -0.4 is 0 Å². The highest BCUT2D eigenvalue weighted by atomic mass is 19.4. The molecule has 1 fully saturated rings. The topological polar surface area (TPSA) is 23.5 Å². The smallest absolute Gasteiger partial charge is 0.392 e. The van der Waals surface area contributed by atoms with Crippen LogP contribution in [0.5, 0.6) is 0 Å². The molecule has 2 rings (SSSR count). The second-order valence-electron chi connectivity index (χ2n) is 6.43. The van der Waals surface area contributed by atoms with Crippen molar-refractivity contribution in [3.05, 3.63) is 34.9 Å². The molecule has 1 unspecified atom stereocenters. The standard InChI is InChI=1S/C17H22F5NO/c1-12-4-7-15(16(18,19)17(20,21)22)13(10-12)5-6-14(24)11-23-8-2-3-9-23/h4,7,10,14,24H,2-3,5-6,8-9,11H2,1H3. The number of halogens is 5. The van der Waals surface area contributed by atoms with Crippen molar-refractivity contribution in [3.8, 4) is 0 Å². The molecule has 1 N–H and O–H groups in total. The Labute approximate surface area is 138 Å². The fraction of sp³-hybridized carbons (Fsp3) is 0.647. The largest absolute Gasteiger partial charge is 0.458 e. The summed E-state index contributed by atoms with van der Waals surface area (Å²) in [5.41, 5.74) is -0.465. The van der Waals surface area contributed by atoms with Crippen LogP contribution >= 0.6 is 0 Å². The van der Waals surface area contributed by atoms with E-state index in [9.17, 15) is 27.1 Å². The van der Waals surface area contributed by atoms with E-state index >= 15 is 0 Å². The normalized spacial score (nSPS) is 18.1. The summed E-state index contributed by atoms with van der Waals surface area (Å²) < 4.78 is 65.4. The van der Waals surface area contributed by atoms with Gasteiger partial charge in [0.05, 0.1) is 6.10 Å². The van der Waals surface area contributed by atoms with Gasteiger partial charge in [0, 0.05) is 12.1 Å². The third-order valence-electron chi connectivity index (χ3n) is 4.37. The Morgan fingerprint density at radius 3 is 2.33 bits per heavy atom. The lowest BCUT2D eigenvalue weighted by Crippen LogP contribution is -2.35. The number of nitrogens with zero attached hydrogens (tertiary/aromatic N) is 1. The van der Waals surface area contributed by atoms with Gasteiger partial charge in [0.25, 0.3) is 0 Å². The molecule has 0 spiro atoms. The summed E-state index contributed by atoms with van der Waals surface area (Å²) >= 11 is 0. The van der Waals surface area contributed by atoms with Crippen molar-refractivity contribution >= 4 is 0 Å². The second-order valence-corrected chi connectivity index (χ2v) is 6.43. The SMILES string of the molecule is Cc1ccc(C(F)(F)C(F)(F)F)c(CCC(O)CN2CCCC2)c1. The summed E-state index contributed by atoms with van der Waals surface area (Å²) in [4.78, 5) is 2.08. The second kappa shape index (κ2) is 7.35. The van der Waals surface area contributed by atoms with Crippen molar-refractivity contribution in [1.29, 1.82) is 0 Å². The quantitative estimate of drug-likeness (QED) is 0.782. The molecular formula is C17H22F5NO. The monoisotopic (exact) mass is 351 g/mol. The Kier molecular flexibility index (Phi) is 5.86. The van der Waals surface area contributed by atoms with Crippen LogP contribution in [0.25, 0.3) is 0 Å². The predicted octanol–water partition coefficient (Wildman–Crippen LogP) is 4.04. The zero-order chi connectivity index (χ0) is 18.0. The molecule has 136 valence electrons. The number of alkyl halides is 5. The van der Waals surface area contributed by atoms with Crippen LogP contribution in [0.2, 0.25) is 0 Å². The molecule has 0 radical (unpaired) electrons. The van der Waals surface area contributed by atoms with Gasteiger partial charge in [0.1, 0.15) is 0 Å². The van der Waals surface area contributed by atoms with E-state index in [-0.39, 0.29) is 18.4 Å². The van der Waals surface area contributed by atoms with Gasteiger partial charge in [-0.2, -0.15) is 22.0 Å². The number of aryl methyl sites for hydroxylation is 2. The van der Waals surface area contributed by atoms with Gasteiger partial charge in [0.2, 0.25) is 0 Å². The van der Waals surface area contributed by atoms with Gasteiger partial charge in [0.15, 0.2) is 0 Å². The minimum absolute atomic E-state index is 0.0162. The third kappa shape index (κ3) is 4.45. The van der Waals surface area contributed by atoms with Crippen LogP contribution in [0.3, 0.4) is 0 Å². The molecule has 24 heavy (non-hydrogen) atoms. The molecule has 1 aliphatic heterocycles. The van der Waals surface area contributed by atoms with E-state index in [0.29, 0.717) is 12.1 Å². The first kappa shape index (κ1) is 19.1.